The van der Waals surface area contributed by atoms with E-state index in [4.69, 9.17) is 4.43 Å². The number of ketones is 1. The zero-order chi connectivity index (χ0) is 16.2. The molecule has 0 aromatic heterocycles. The molecule has 0 saturated heterocycles. The molecular formula is C17H30O2SSi. The molecule has 0 N–H and O–H groups in total. The first-order chi connectivity index (χ1) is 9.40. The summed E-state index contributed by atoms with van der Waals surface area (Å²) in [7, 11) is -1.84. The van der Waals surface area contributed by atoms with E-state index >= 15 is 0 Å². The van der Waals surface area contributed by atoms with Crippen LogP contribution >= 0.6 is 11.8 Å². The summed E-state index contributed by atoms with van der Waals surface area (Å²) in [5.74, 6) is 0.756. The van der Waals surface area contributed by atoms with Gasteiger partial charge in [0.2, 0.25) is 0 Å². The molecule has 120 valence electrons. The lowest BCUT2D eigenvalue weighted by Gasteiger charge is -2.42. The van der Waals surface area contributed by atoms with E-state index in [9.17, 15) is 4.79 Å². The second kappa shape index (κ2) is 5.24. The van der Waals surface area contributed by atoms with Gasteiger partial charge in [-0.3, -0.25) is 4.79 Å². The topological polar surface area (TPSA) is 26.3 Å². The summed E-state index contributed by atoms with van der Waals surface area (Å²) >= 11 is 1.62. The van der Waals surface area contributed by atoms with Gasteiger partial charge in [-0.1, -0.05) is 34.6 Å². The Morgan fingerprint density at radius 3 is 2.33 bits per heavy atom. The van der Waals surface area contributed by atoms with E-state index in [1.165, 1.54) is 5.57 Å². The summed E-state index contributed by atoms with van der Waals surface area (Å²) in [4.78, 5) is 13.2. The molecule has 2 rings (SSSR count). The highest BCUT2D eigenvalue weighted by atomic mass is 32.2. The van der Waals surface area contributed by atoms with Crippen molar-refractivity contribution in [3.63, 3.8) is 0 Å². The summed E-state index contributed by atoms with van der Waals surface area (Å²) in [5.41, 5.74) is 1.46. The van der Waals surface area contributed by atoms with Gasteiger partial charge in [0.1, 0.15) is 0 Å². The van der Waals surface area contributed by atoms with E-state index in [0.29, 0.717) is 18.1 Å². The van der Waals surface area contributed by atoms with Crippen molar-refractivity contribution in [2.24, 2.45) is 11.3 Å². The number of hydrogen-bond donors (Lipinski definition) is 0. The zero-order valence-electron chi connectivity index (χ0n) is 14.8. The van der Waals surface area contributed by atoms with Gasteiger partial charge in [-0.15, -0.1) is 11.8 Å². The minimum Gasteiger partial charge on any atom is -0.410 e. The van der Waals surface area contributed by atoms with Crippen LogP contribution in [0.5, 0.6) is 0 Å². The van der Waals surface area contributed by atoms with Crippen molar-refractivity contribution >= 4 is 25.9 Å². The van der Waals surface area contributed by atoms with Crippen LogP contribution in [0.1, 0.15) is 47.5 Å². The minimum atomic E-state index is -1.84. The average molecular weight is 327 g/mol. The number of fused-ring (bicyclic) bond motifs is 1. The molecule has 0 aromatic rings. The standard InChI is InChI=1S/C17H30O2SSi/c1-16(2,3)21(7,8)19-15-13-11(10-17(15,4)5)9-12(18)14(13)20-6/h11,15H,9-10H2,1-8H3/t11-,15+/m0/s1. The van der Waals surface area contributed by atoms with Crippen molar-refractivity contribution in [3.8, 4) is 0 Å². The SMILES string of the molecule is CSC1=C2[C@@H](CC1=O)CC(C)(C)[C@@H]2O[Si](C)(C)C(C)(C)C. The Morgan fingerprint density at radius 2 is 1.86 bits per heavy atom. The van der Waals surface area contributed by atoms with Gasteiger partial charge in [0.15, 0.2) is 14.1 Å². The second-order valence-electron chi connectivity index (χ2n) is 8.76. The third kappa shape index (κ3) is 2.91. The smallest absolute Gasteiger partial charge is 0.192 e. The van der Waals surface area contributed by atoms with E-state index < -0.39 is 8.32 Å². The van der Waals surface area contributed by atoms with E-state index in [1.807, 2.05) is 6.26 Å². The van der Waals surface area contributed by atoms with Gasteiger partial charge >= 0.3 is 0 Å². The lowest BCUT2D eigenvalue weighted by molar-refractivity contribution is -0.114. The maximum Gasteiger partial charge on any atom is 0.192 e. The molecule has 0 bridgehead atoms. The highest BCUT2D eigenvalue weighted by molar-refractivity contribution is 8.03. The molecule has 2 aliphatic carbocycles. The highest BCUT2D eigenvalue weighted by Gasteiger charge is 2.53. The number of hydrogen-bond acceptors (Lipinski definition) is 3. The van der Waals surface area contributed by atoms with Crippen LogP contribution in [0, 0.1) is 11.3 Å². The number of allylic oxidation sites excluding steroid dienone is 1. The van der Waals surface area contributed by atoms with Gasteiger partial charge in [-0.05, 0) is 47.7 Å². The molecule has 0 unspecified atom stereocenters. The molecule has 0 aromatic carbocycles. The highest BCUT2D eigenvalue weighted by Crippen LogP contribution is 2.55. The first kappa shape index (κ1) is 17.3. The Labute approximate surface area is 135 Å². The molecule has 0 heterocycles. The predicted molar refractivity (Wildman–Crippen MR) is 94.1 cm³/mol. The first-order valence-electron chi connectivity index (χ1n) is 7.90. The molecule has 21 heavy (non-hydrogen) atoms. The van der Waals surface area contributed by atoms with Crippen LogP contribution in [0.15, 0.2) is 10.5 Å². The summed E-state index contributed by atoms with van der Waals surface area (Å²) in [6.45, 7) is 16.1. The van der Waals surface area contributed by atoms with Crippen LogP contribution in [0.4, 0.5) is 0 Å². The van der Waals surface area contributed by atoms with Crippen molar-refractivity contribution in [2.75, 3.05) is 6.26 Å². The Morgan fingerprint density at radius 1 is 1.29 bits per heavy atom. The quantitative estimate of drug-likeness (QED) is 0.682. The predicted octanol–water partition coefficient (Wildman–Crippen LogP) is 5.01. The Hall–Kier alpha value is -0.0631. The normalized spacial score (nSPS) is 29.2. The Bertz CT molecular complexity index is 486. The number of carbonyl (C=O) groups is 1. The maximum atomic E-state index is 12.2. The number of carbonyl (C=O) groups excluding carboxylic acids is 1. The number of rotatable bonds is 3. The van der Waals surface area contributed by atoms with Gasteiger partial charge in [0.05, 0.1) is 11.0 Å². The lowest BCUT2D eigenvalue weighted by atomic mass is 9.87. The van der Waals surface area contributed by atoms with E-state index in [0.717, 1.165) is 11.3 Å². The van der Waals surface area contributed by atoms with Crippen molar-refractivity contribution in [3.05, 3.63) is 10.5 Å². The molecule has 0 radical (unpaired) electrons. The molecular weight excluding hydrogens is 296 g/mol. The first-order valence-corrected chi connectivity index (χ1v) is 12.0. The van der Waals surface area contributed by atoms with Crippen LogP contribution in [0.3, 0.4) is 0 Å². The molecule has 0 amide bonds. The van der Waals surface area contributed by atoms with Crippen molar-refractivity contribution < 1.29 is 9.22 Å². The molecule has 0 spiro atoms. The van der Waals surface area contributed by atoms with Crippen LogP contribution in [-0.2, 0) is 9.22 Å². The fourth-order valence-corrected chi connectivity index (χ4v) is 5.59. The molecule has 1 saturated carbocycles. The second-order valence-corrected chi connectivity index (χ2v) is 14.3. The van der Waals surface area contributed by atoms with Gasteiger partial charge in [0.25, 0.3) is 0 Å². The number of thioether (sulfide) groups is 1. The molecule has 1 fully saturated rings. The zero-order valence-corrected chi connectivity index (χ0v) is 16.6. The largest absolute Gasteiger partial charge is 0.410 e. The third-order valence-corrected chi connectivity index (χ3v) is 10.9. The van der Waals surface area contributed by atoms with Crippen LogP contribution < -0.4 is 0 Å². The summed E-state index contributed by atoms with van der Waals surface area (Å²) in [5, 5.41) is 0.198. The summed E-state index contributed by atoms with van der Waals surface area (Å²) in [6.07, 6.45) is 3.93. The fraction of sp³-hybridized carbons (Fsp3) is 0.824. The van der Waals surface area contributed by atoms with Crippen LogP contribution in [0.2, 0.25) is 18.1 Å². The minimum absolute atomic E-state index is 0.122. The van der Waals surface area contributed by atoms with Gasteiger partial charge in [0, 0.05) is 6.42 Å². The lowest BCUT2D eigenvalue weighted by Crippen LogP contribution is -2.46. The van der Waals surface area contributed by atoms with Crippen molar-refractivity contribution in [1.82, 2.24) is 0 Å². The van der Waals surface area contributed by atoms with E-state index in [1.54, 1.807) is 11.8 Å². The molecule has 0 aliphatic heterocycles. The molecule has 2 atom stereocenters. The van der Waals surface area contributed by atoms with E-state index in [-0.39, 0.29) is 16.6 Å². The third-order valence-electron chi connectivity index (χ3n) is 5.57. The van der Waals surface area contributed by atoms with Crippen molar-refractivity contribution in [1.29, 1.82) is 0 Å². The maximum absolute atomic E-state index is 12.2. The molecule has 2 aliphatic rings. The van der Waals surface area contributed by atoms with Gasteiger partial charge in [-0.25, -0.2) is 0 Å². The molecule has 4 heteroatoms. The summed E-state index contributed by atoms with van der Waals surface area (Å²) in [6, 6.07) is 0. The van der Waals surface area contributed by atoms with Crippen LogP contribution in [0.25, 0.3) is 0 Å². The van der Waals surface area contributed by atoms with Gasteiger partial charge in [-0.2, -0.15) is 0 Å². The fourth-order valence-electron chi connectivity index (χ4n) is 3.38. The van der Waals surface area contributed by atoms with Crippen molar-refractivity contribution in [2.45, 2.75) is 71.7 Å². The summed E-state index contributed by atoms with van der Waals surface area (Å²) < 4.78 is 6.79. The Balaban J connectivity index is 2.40. The monoisotopic (exact) mass is 326 g/mol. The average Bonchev–Trinajstić information content (AvgIpc) is 2.69. The van der Waals surface area contributed by atoms with E-state index in [2.05, 4.69) is 47.7 Å². The van der Waals surface area contributed by atoms with Crippen LogP contribution in [-0.4, -0.2) is 26.5 Å². The molecule has 2 nitrogen and oxygen atoms in total. The number of Topliss-reactive ketones (excluding diaryl/α,β-unsaturated/α-hetero) is 1. The Kier molecular flexibility index (Phi) is 4.32. The van der Waals surface area contributed by atoms with Gasteiger partial charge < -0.3 is 4.43 Å².